The Balaban J connectivity index is 2.70. The van der Waals surface area contributed by atoms with Gasteiger partial charge in [0.15, 0.2) is 0 Å². The van der Waals surface area contributed by atoms with Gasteiger partial charge in [0.2, 0.25) is 5.44 Å². The summed E-state index contributed by atoms with van der Waals surface area (Å²) < 4.78 is 42.1. The molecule has 158 valence electrons. The molecule has 1 atom stereocenters. The highest BCUT2D eigenvalue weighted by Crippen LogP contribution is 2.17. The van der Waals surface area contributed by atoms with E-state index in [1.54, 1.807) is 13.0 Å². The average Bonchev–Trinajstić information content (AvgIpc) is 2.66. The van der Waals surface area contributed by atoms with E-state index in [0.29, 0.717) is 6.42 Å². The largest absolute Gasteiger partial charge is 0.462 e. The number of rotatable bonds is 13. The molecule has 0 saturated carbocycles. The van der Waals surface area contributed by atoms with Gasteiger partial charge in [0.25, 0.3) is 0 Å². The molecule has 0 amide bonds. The van der Waals surface area contributed by atoms with Crippen LogP contribution in [0.2, 0.25) is 0 Å². The summed E-state index contributed by atoms with van der Waals surface area (Å²) in [5.74, 6) is -1.66. The molecule has 0 aliphatic rings. The number of hydrogen-bond donors (Lipinski definition) is 1. The van der Waals surface area contributed by atoms with Crippen LogP contribution in [0.5, 0.6) is 0 Å². The number of hydrogen-bond acceptors (Lipinski definition) is 6. The summed E-state index contributed by atoms with van der Waals surface area (Å²) >= 11 is 0. The average molecular weight is 415 g/mol. The van der Waals surface area contributed by atoms with Crippen molar-refractivity contribution in [2.24, 2.45) is 0 Å². The van der Waals surface area contributed by atoms with Gasteiger partial charge in [0.05, 0.1) is 17.7 Å². The first kappa shape index (κ1) is 24.1. The normalized spacial score (nSPS) is 12.4. The first-order valence-electron chi connectivity index (χ1n) is 9.74. The Morgan fingerprint density at radius 2 is 1.50 bits per heavy atom. The molecule has 0 aliphatic carbocycles. The van der Waals surface area contributed by atoms with E-state index < -0.39 is 27.5 Å². The lowest BCUT2D eigenvalue weighted by Gasteiger charge is -2.15. The third-order valence-corrected chi connectivity index (χ3v) is 5.19. The molecule has 7 nitrogen and oxygen atoms in total. The van der Waals surface area contributed by atoms with Crippen molar-refractivity contribution in [1.82, 2.24) is 0 Å². The fourth-order valence-electron chi connectivity index (χ4n) is 2.65. The molecule has 0 saturated heterocycles. The maximum Gasteiger partial charge on any atom is 0.340 e. The van der Waals surface area contributed by atoms with Gasteiger partial charge < -0.3 is 9.47 Å². The molecule has 1 aromatic carbocycles. The second kappa shape index (κ2) is 12.5. The maximum atomic E-state index is 12.4. The minimum absolute atomic E-state index is 0.00377. The van der Waals surface area contributed by atoms with Crippen molar-refractivity contribution in [2.45, 2.75) is 70.7 Å². The molecule has 0 bridgehead atoms. The zero-order valence-corrected chi connectivity index (χ0v) is 17.4. The Kier molecular flexibility index (Phi) is 10.8. The van der Waals surface area contributed by atoms with Crippen LogP contribution in [0.25, 0.3) is 0 Å². The standard InChI is InChI=1S/C20H30O7S/c1-3-5-6-7-8-11-15-26-19(21)16-13-9-10-14-17(16)20(22)27-18(12-4-2)28(23,24)25/h9-10,13-14,18H,3-8,11-12,15H2,1-2H3,(H,23,24,25). The van der Waals surface area contributed by atoms with E-state index in [2.05, 4.69) is 6.92 Å². The Labute approximate surface area is 167 Å². The molecule has 1 unspecified atom stereocenters. The quantitative estimate of drug-likeness (QED) is 0.290. The molecule has 1 rings (SSSR count). The summed E-state index contributed by atoms with van der Waals surface area (Å²) in [6, 6.07) is 5.88. The molecular weight excluding hydrogens is 384 g/mol. The molecule has 1 aromatic rings. The van der Waals surface area contributed by atoms with Crippen molar-refractivity contribution >= 4 is 22.1 Å². The predicted octanol–water partition coefficient (Wildman–Crippen LogP) is 4.37. The number of carbonyl (C=O) groups is 2. The van der Waals surface area contributed by atoms with E-state index >= 15 is 0 Å². The van der Waals surface area contributed by atoms with Crippen LogP contribution in [0.4, 0.5) is 0 Å². The molecule has 0 spiro atoms. The van der Waals surface area contributed by atoms with E-state index in [1.165, 1.54) is 31.0 Å². The van der Waals surface area contributed by atoms with Gasteiger partial charge in [0, 0.05) is 6.42 Å². The van der Waals surface area contributed by atoms with Crippen molar-refractivity contribution in [3.63, 3.8) is 0 Å². The van der Waals surface area contributed by atoms with Gasteiger partial charge in [-0.05, 0) is 18.6 Å². The van der Waals surface area contributed by atoms with Crippen LogP contribution in [0, 0.1) is 0 Å². The third kappa shape index (κ3) is 8.39. The number of ether oxygens (including phenoxy) is 2. The van der Waals surface area contributed by atoms with E-state index in [-0.39, 0.29) is 24.2 Å². The van der Waals surface area contributed by atoms with E-state index in [4.69, 9.17) is 9.47 Å². The zero-order chi connectivity index (χ0) is 21.0. The van der Waals surface area contributed by atoms with Gasteiger partial charge in [0.1, 0.15) is 0 Å². The fraction of sp³-hybridized carbons (Fsp3) is 0.600. The van der Waals surface area contributed by atoms with E-state index in [1.807, 2.05) is 0 Å². The lowest BCUT2D eigenvalue weighted by Crippen LogP contribution is -2.27. The van der Waals surface area contributed by atoms with Gasteiger partial charge >= 0.3 is 22.1 Å². The lowest BCUT2D eigenvalue weighted by molar-refractivity contribution is 0.0395. The molecular formula is C20H30O7S. The summed E-state index contributed by atoms with van der Waals surface area (Å²) in [6.07, 6.45) is 6.65. The van der Waals surface area contributed by atoms with Gasteiger partial charge in [-0.2, -0.15) is 8.42 Å². The predicted molar refractivity (Wildman–Crippen MR) is 106 cm³/mol. The molecule has 28 heavy (non-hydrogen) atoms. The van der Waals surface area contributed by atoms with Crippen LogP contribution in [0.3, 0.4) is 0 Å². The Morgan fingerprint density at radius 3 is 2.07 bits per heavy atom. The smallest absolute Gasteiger partial charge is 0.340 e. The van der Waals surface area contributed by atoms with Crippen LogP contribution < -0.4 is 0 Å². The highest BCUT2D eigenvalue weighted by molar-refractivity contribution is 7.86. The van der Waals surface area contributed by atoms with Crippen LogP contribution in [-0.2, 0) is 19.6 Å². The molecule has 0 aromatic heterocycles. The number of unbranched alkanes of at least 4 members (excludes halogenated alkanes) is 5. The van der Waals surface area contributed by atoms with Crippen molar-refractivity contribution in [3.05, 3.63) is 35.4 Å². The molecule has 0 aliphatic heterocycles. The second-order valence-electron chi connectivity index (χ2n) is 6.59. The van der Waals surface area contributed by atoms with Gasteiger partial charge in [-0.3, -0.25) is 4.55 Å². The van der Waals surface area contributed by atoms with Crippen LogP contribution in [0.1, 0.15) is 85.9 Å². The minimum atomic E-state index is -4.55. The molecule has 1 N–H and O–H groups in total. The van der Waals surface area contributed by atoms with Crippen molar-refractivity contribution in [2.75, 3.05) is 6.61 Å². The molecule has 0 heterocycles. The number of carbonyl (C=O) groups excluding carboxylic acids is 2. The summed E-state index contributed by atoms with van der Waals surface area (Å²) in [7, 11) is -4.55. The highest BCUT2D eigenvalue weighted by atomic mass is 32.2. The van der Waals surface area contributed by atoms with Crippen molar-refractivity contribution in [3.8, 4) is 0 Å². The highest BCUT2D eigenvalue weighted by Gasteiger charge is 2.28. The maximum absolute atomic E-state index is 12.4. The van der Waals surface area contributed by atoms with Gasteiger partial charge in [-0.25, -0.2) is 9.59 Å². The van der Waals surface area contributed by atoms with Crippen molar-refractivity contribution < 1.29 is 32.0 Å². The zero-order valence-electron chi connectivity index (χ0n) is 16.6. The summed E-state index contributed by atoms with van der Waals surface area (Å²) in [5.41, 5.74) is -1.76. The SMILES string of the molecule is CCCCCCCCOC(=O)c1ccccc1C(=O)OC(CCC)S(=O)(=O)O. The van der Waals surface area contributed by atoms with E-state index in [9.17, 15) is 22.6 Å². The summed E-state index contributed by atoms with van der Waals surface area (Å²) in [4.78, 5) is 24.7. The molecule has 0 fully saturated rings. The fourth-order valence-corrected chi connectivity index (χ4v) is 3.39. The number of esters is 2. The van der Waals surface area contributed by atoms with Crippen LogP contribution in [-0.4, -0.2) is 37.0 Å². The molecule has 8 heteroatoms. The van der Waals surface area contributed by atoms with E-state index in [0.717, 1.165) is 25.7 Å². The van der Waals surface area contributed by atoms with Gasteiger partial charge in [-0.1, -0.05) is 64.5 Å². The molecule has 0 radical (unpaired) electrons. The minimum Gasteiger partial charge on any atom is -0.462 e. The lowest BCUT2D eigenvalue weighted by atomic mass is 10.1. The summed E-state index contributed by atoms with van der Waals surface area (Å²) in [5, 5.41) is 0. The Bertz CT molecular complexity index is 728. The van der Waals surface area contributed by atoms with Crippen LogP contribution in [0.15, 0.2) is 24.3 Å². The second-order valence-corrected chi connectivity index (χ2v) is 8.14. The monoisotopic (exact) mass is 414 g/mol. The number of benzene rings is 1. The van der Waals surface area contributed by atoms with Gasteiger partial charge in [-0.15, -0.1) is 0 Å². The topological polar surface area (TPSA) is 107 Å². The third-order valence-electron chi connectivity index (χ3n) is 4.19. The first-order chi connectivity index (χ1) is 13.3. The Morgan fingerprint density at radius 1 is 0.929 bits per heavy atom. The Hall–Kier alpha value is -1.93. The summed E-state index contributed by atoms with van der Waals surface area (Å²) in [6.45, 7) is 4.09. The first-order valence-corrected chi connectivity index (χ1v) is 11.2. The van der Waals surface area contributed by atoms with Crippen LogP contribution >= 0.6 is 0 Å². The van der Waals surface area contributed by atoms with Crippen molar-refractivity contribution in [1.29, 1.82) is 0 Å².